The quantitative estimate of drug-likeness (QED) is 0.825. The highest BCUT2D eigenvalue weighted by Crippen LogP contribution is 2.10. The van der Waals surface area contributed by atoms with Gasteiger partial charge in [-0.15, -0.1) is 0 Å². The molecule has 0 aliphatic carbocycles. The molecule has 2 aromatic rings. The van der Waals surface area contributed by atoms with Gasteiger partial charge in [-0.1, -0.05) is 6.07 Å². The largest absolute Gasteiger partial charge is 0.449 e. The molecule has 3 N–H and O–H groups in total. The van der Waals surface area contributed by atoms with E-state index in [9.17, 15) is 4.79 Å². The Labute approximate surface area is 111 Å². The van der Waals surface area contributed by atoms with Gasteiger partial charge >= 0.3 is 6.09 Å². The third-order valence-electron chi connectivity index (χ3n) is 2.47. The summed E-state index contributed by atoms with van der Waals surface area (Å²) < 4.78 is 5.06. The van der Waals surface area contributed by atoms with Crippen molar-refractivity contribution in [2.24, 2.45) is 0 Å². The summed E-state index contributed by atoms with van der Waals surface area (Å²) in [6.07, 6.45) is 1.82. The molecule has 5 heteroatoms. The number of aromatic nitrogens is 1. The fourth-order valence-electron chi connectivity index (χ4n) is 1.51. The van der Waals surface area contributed by atoms with Crippen molar-refractivity contribution in [3.05, 3.63) is 54.4 Å². The Morgan fingerprint density at radius 3 is 2.68 bits per heavy atom. The van der Waals surface area contributed by atoms with Gasteiger partial charge in [0.1, 0.15) is 0 Å². The first-order valence-corrected chi connectivity index (χ1v) is 5.93. The van der Waals surface area contributed by atoms with Crippen LogP contribution >= 0.6 is 0 Å². The maximum Gasteiger partial charge on any atom is 0.411 e. The van der Waals surface area contributed by atoms with Gasteiger partial charge in [-0.2, -0.15) is 0 Å². The zero-order valence-electron chi connectivity index (χ0n) is 10.4. The lowest BCUT2D eigenvalue weighted by molar-refractivity contribution is 0.162. The lowest BCUT2D eigenvalue weighted by atomic mass is 10.3. The summed E-state index contributed by atoms with van der Waals surface area (Å²) in [6, 6.07) is 12.5. The van der Waals surface area contributed by atoms with Crippen molar-refractivity contribution < 1.29 is 9.53 Å². The predicted molar refractivity (Wildman–Crippen MR) is 73.8 cm³/mol. The zero-order chi connectivity index (χ0) is 13.5. The molecule has 0 spiro atoms. The van der Waals surface area contributed by atoms with Crippen molar-refractivity contribution in [2.45, 2.75) is 6.42 Å². The van der Waals surface area contributed by atoms with E-state index in [1.165, 1.54) is 0 Å². The van der Waals surface area contributed by atoms with Crippen LogP contribution in [0.4, 0.5) is 16.2 Å². The number of pyridine rings is 1. The van der Waals surface area contributed by atoms with Crippen LogP contribution in [0, 0.1) is 0 Å². The van der Waals surface area contributed by atoms with Crippen molar-refractivity contribution in [1.29, 1.82) is 0 Å². The van der Waals surface area contributed by atoms with Crippen LogP contribution in [-0.4, -0.2) is 17.7 Å². The Bertz CT molecular complexity index is 526. The summed E-state index contributed by atoms with van der Waals surface area (Å²) in [5.41, 5.74) is 7.74. The molecule has 1 aromatic carbocycles. The molecule has 0 saturated heterocycles. The van der Waals surface area contributed by atoms with E-state index in [-0.39, 0.29) is 6.61 Å². The lowest BCUT2D eigenvalue weighted by Crippen LogP contribution is -2.15. The molecule has 0 atom stereocenters. The van der Waals surface area contributed by atoms with E-state index >= 15 is 0 Å². The molecule has 5 nitrogen and oxygen atoms in total. The maximum atomic E-state index is 11.5. The molecule has 0 unspecified atom stereocenters. The number of carbonyl (C=O) groups excluding carboxylic acids is 1. The number of hydrogen-bond donors (Lipinski definition) is 2. The smallest absolute Gasteiger partial charge is 0.411 e. The third-order valence-corrected chi connectivity index (χ3v) is 2.47. The van der Waals surface area contributed by atoms with Crippen LogP contribution in [0.25, 0.3) is 0 Å². The first-order chi connectivity index (χ1) is 9.24. The third kappa shape index (κ3) is 4.31. The monoisotopic (exact) mass is 257 g/mol. The van der Waals surface area contributed by atoms with E-state index in [1.54, 1.807) is 30.5 Å². The normalized spacial score (nSPS) is 9.89. The summed E-state index contributed by atoms with van der Waals surface area (Å²) in [7, 11) is 0. The Hall–Kier alpha value is -2.56. The molecule has 0 saturated carbocycles. The van der Waals surface area contributed by atoms with Gasteiger partial charge in [-0.25, -0.2) is 4.79 Å². The SMILES string of the molecule is Nc1ccc(NC(=O)OCCc2ccccn2)cc1. The minimum atomic E-state index is -0.485. The summed E-state index contributed by atoms with van der Waals surface area (Å²) in [5, 5.41) is 2.62. The van der Waals surface area contributed by atoms with Crippen molar-refractivity contribution in [1.82, 2.24) is 4.98 Å². The predicted octanol–water partition coefficient (Wildman–Crippen LogP) is 2.46. The van der Waals surface area contributed by atoms with Gasteiger partial charge in [0.05, 0.1) is 6.61 Å². The molecule has 0 bridgehead atoms. The topological polar surface area (TPSA) is 77.2 Å². The second-order valence-electron chi connectivity index (χ2n) is 3.95. The Morgan fingerprint density at radius 1 is 1.21 bits per heavy atom. The number of hydrogen-bond acceptors (Lipinski definition) is 4. The Balaban J connectivity index is 1.74. The number of carbonyl (C=O) groups is 1. The van der Waals surface area contributed by atoms with Gasteiger partial charge in [-0.05, 0) is 36.4 Å². The van der Waals surface area contributed by atoms with Crippen molar-refractivity contribution >= 4 is 17.5 Å². The lowest BCUT2D eigenvalue weighted by Gasteiger charge is -2.07. The molecule has 2 rings (SSSR count). The fourth-order valence-corrected chi connectivity index (χ4v) is 1.51. The highest BCUT2D eigenvalue weighted by atomic mass is 16.5. The van der Waals surface area contributed by atoms with Crippen LogP contribution in [0.1, 0.15) is 5.69 Å². The first-order valence-electron chi connectivity index (χ1n) is 5.93. The molecule has 1 aromatic heterocycles. The second kappa shape index (κ2) is 6.39. The van der Waals surface area contributed by atoms with E-state index in [2.05, 4.69) is 10.3 Å². The van der Waals surface area contributed by atoms with E-state index in [0.29, 0.717) is 17.8 Å². The van der Waals surface area contributed by atoms with E-state index in [4.69, 9.17) is 10.5 Å². The number of anilines is 2. The number of benzene rings is 1. The summed E-state index contributed by atoms with van der Waals surface area (Å²) in [6.45, 7) is 0.290. The van der Waals surface area contributed by atoms with Crippen molar-refractivity contribution in [3.63, 3.8) is 0 Å². The molecule has 0 aliphatic heterocycles. The molecule has 0 fully saturated rings. The number of nitrogens with zero attached hydrogens (tertiary/aromatic N) is 1. The average molecular weight is 257 g/mol. The average Bonchev–Trinajstić information content (AvgIpc) is 2.43. The van der Waals surface area contributed by atoms with Crippen LogP contribution in [0.15, 0.2) is 48.7 Å². The van der Waals surface area contributed by atoms with E-state index in [0.717, 1.165) is 5.69 Å². The highest BCUT2D eigenvalue weighted by Gasteiger charge is 2.03. The van der Waals surface area contributed by atoms with Crippen molar-refractivity contribution in [3.8, 4) is 0 Å². The zero-order valence-corrected chi connectivity index (χ0v) is 10.4. The van der Waals surface area contributed by atoms with Gasteiger partial charge in [0.15, 0.2) is 0 Å². The van der Waals surface area contributed by atoms with E-state index in [1.807, 2.05) is 18.2 Å². The number of ether oxygens (including phenoxy) is 1. The summed E-state index contributed by atoms with van der Waals surface area (Å²) in [5.74, 6) is 0. The summed E-state index contributed by atoms with van der Waals surface area (Å²) >= 11 is 0. The number of rotatable bonds is 4. The van der Waals surface area contributed by atoms with Gasteiger partial charge in [0, 0.05) is 29.7 Å². The Kier molecular flexibility index (Phi) is 4.34. The van der Waals surface area contributed by atoms with Crippen LogP contribution in [-0.2, 0) is 11.2 Å². The molecule has 19 heavy (non-hydrogen) atoms. The number of nitrogens with one attached hydrogen (secondary N) is 1. The van der Waals surface area contributed by atoms with Crippen molar-refractivity contribution in [2.75, 3.05) is 17.7 Å². The van der Waals surface area contributed by atoms with Gasteiger partial charge < -0.3 is 10.5 Å². The number of nitrogen functional groups attached to an aromatic ring is 1. The number of nitrogens with two attached hydrogens (primary N) is 1. The van der Waals surface area contributed by atoms with Crippen LogP contribution < -0.4 is 11.1 Å². The van der Waals surface area contributed by atoms with Gasteiger partial charge in [0.2, 0.25) is 0 Å². The molecular weight excluding hydrogens is 242 g/mol. The van der Waals surface area contributed by atoms with Crippen LogP contribution in [0.2, 0.25) is 0 Å². The highest BCUT2D eigenvalue weighted by molar-refractivity contribution is 5.84. The van der Waals surface area contributed by atoms with Gasteiger partial charge in [0.25, 0.3) is 0 Å². The second-order valence-corrected chi connectivity index (χ2v) is 3.95. The maximum absolute atomic E-state index is 11.5. The minimum absolute atomic E-state index is 0.290. The minimum Gasteiger partial charge on any atom is -0.449 e. The molecule has 1 amide bonds. The van der Waals surface area contributed by atoms with E-state index < -0.39 is 6.09 Å². The van der Waals surface area contributed by atoms with Crippen LogP contribution in [0.3, 0.4) is 0 Å². The fraction of sp³-hybridized carbons (Fsp3) is 0.143. The molecule has 1 heterocycles. The molecule has 98 valence electrons. The standard InChI is InChI=1S/C14H15N3O2/c15-11-4-6-13(7-5-11)17-14(18)19-10-8-12-3-1-2-9-16-12/h1-7,9H,8,10,15H2,(H,17,18). The van der Waals surface area contributed by atoms with Crippen LogP contribution in [0.5, 0.6) is 0 Å². The number of amides is 1. The molecular formula is C14H15N3O2. The molecule has 0 aliphatic rings. The molecule has 0 radical (unpaired) electrons. The Morgan fingerprint density at radius 2 is 2.00 bits per heavy atom. The van der Waals surface area contributed by atoms with Gasteiger partial charge in [-0.3, -0.25) is 10.3 Å². The first kappa shape index (κ1) is 12.9. The summed E-state index contributed by atoms with van der Waals surface area (Å²) in [4.78, 5) is 15.6.